The van der Waals surface area contributed by atoms with E-state index in [0.29, 0.717) is 29.5 Å². The number of nitrogens with zero attached hydrogens (tertiary/aromatic N) is 2. The van der Waals surface area contributed by atoms with Crippen molar-refractivity contribution in [3.8, 4) is 5.75 Å². The molecule has 1 atom stereocenters. The number of thioether (sulfide) groups is 1. The lowest BCUT2D eigenvalue weighted by Crippen LogP contribution is -2.53. The molecule has 242 valence electrons. The van der Waals surface area contributed by atoms with Crippen LogP contribution in [-0.4, -0.2) is 57.1 Å². The van der Waals surface area contributed by atoms with E-state index in [1.165, 1.54) is 28.8 Å². The normalized spacial score (nSPS) is 11.8. The molecule has 0 aliphatic rings. The number of sulfonamides is 1. The molecule has 4 aromatic carbocycles. The van der Waals surface area contributed by atoms with Crippen LogP contribution in [0.15, 0.2) is 113 Å². The Morgan fingerprint density at radius 3 is 2.17 bits per heavy atom. The van der Waals surface area contributed by atoms with Gasteiger partial charge in [0.1, 0.15) is 18.3 Å². The van der Waals surface area contributed by atoms with Crippen molar-refractivity contribution in [1.29, 1.82) is 0 Å². The minimum absolute atomic E-state index is 0.0353. The molecule has 0 bridgehead atoms. The van der Waals surface area contributed by atoms with Crippen molar-refractivity contribution in [1.82, 2.24) is 10.2 Å². The van der Waals surface area contributed by atoms with E-state index in [1.807, 2.05) is 56.5 Å². The second kappa shape index (κ2) is 16.5. The number of carbonyl (C=O) groups excluding carboxylic acids is 2. The minimum Gasteiger partial charge on any atom is -0.494 e. The van der Waals surface area contributed by atoms with Gasteiger partial charge >= 0.3 is 0 Å². The summed E-state index contributed by atoms with van der Waals surface area (Å²) < 4.78 is 35.1. The van der Waals surface area contributed by atoms with Crippen LogP contribution in [-0.2, 0) is 32.6 Å². The average molecular weight is 680 g/mol. The Hall–Kier alpha value is -3.99. The fourth-order valence-electron chi connectivity index (χ4n) is 4.96. The van der Waals surface area contributed by atoms with Crippen molar-refractivity contribution < 1.29 is 22.7 Å². The number of rotatable bonds is 15. The van der Waals surface area contributed by atoms with E-state index in [0.717, 1.165) is 14.8 Å². The Labute approximate surface area is 280 Å². The third kappa shape index (κ3) is 9.05. The van der Waals surface area contributed by atoms with Gasteiger partial charge in [0, 0.05) is 29.4 Å². The lowest BCUT2D eigenvalue weighted by Gasteiger charge is -2.34. The van der Waals surface area contributed by atoms with Crippen molar-refractivity contribution in [3.63, 3.8) is 0 Å². The minimum atomic E-state index is -4.21. The molecule has 8 nitrogen and oxygen atoms in total. The summed E-state index contributed by atoms with van der Waals surface area (Å²) in [6.45, 7) is 3.96. The lowest BCUT2D eigenvalue weighted by molar-refractivity contribution is -0.140. The van der Waals surface area contributed by atoms with E-state index in [4.69, 9.17) is 16.3 Å². The number of halogens is 1. The lowest BCUT2D eigenvalue weighted by atomic mass is 10.0. The molecule has 0 radical (unpaired) electrons. The number of nitrogens with one attached hydrogen (secondary N) is 1. The third-order valence-electron chi connectivity index (χ3n) is 7.23. The van der Waals surface area contributed by atoms with Crippen molar-refractivity contribution in [3.05, 3.63) is 119 Å². The molecule has 4 aromatic rings. The van der Waals surface area contributed by atoms with Crippen LogP contribution in [0.1, 0.15) is 25.0 Å². The van der Waals surface area contributed by atoms with Gasteiger partial charge in [0.15, 0.2) is 0 Å². The van der Waals surface area contributed by atoms with Crippen LogP contribution in [0.4, 0.5) is 5.69 Å². The van der Waals surface area contributed by atoms with Crippen molar-refractivity contribution in [2.24, 2.45) is 0 Å². The van der Waals surface area contributed by atoms with Gasteiger partial charge in [0.2, 0.25) is 11.8 Å². The number of anilines is 1. The highest BCUT2D eigenvalue weighted by atomic mass is 35.5. The molecule has 0 heterocycles. The van der Waals surface area contributed by atoms with Crippen LogP contribution in [0.2, 0.25) is 5.02 Å². The predicted octanol–water partition coefficient (Wildman–Crippen LogP) is 6.43. The zero-order chi connectivity index (χ0) is 33.1. The zero-order valence-electron chi connectivity index (χ0n) is 26.1. The second-order valence-corrected chi connectivity index (χ2v) is 13.5. The Morgan fingerprint density at radius 1 is 0.891 bits per heavy atom. The van der Waals surface area contributed by atoms with E-state index < -0.39 is 28.5 Å². The van der Waals surface area contributed by atoms with Crippen LogP contribution in [0.25, 0.3) is 0 Å². The Bertz CT molecular complexity index is 1700. The fourth-order valence-corrected chi connectivity index (χ4v) is 6.99. The second-order valence-electron chi connectivity index (χ2n) is 10.4. The van der Waals surface area contributed by atoms with Gasteiger partial charge in [-0.2, -0.15) is 0 Å². The van der Waals surface area contributed by atoms with Crippen molar-refractivity contribution >= 4 is 50.9 Å². The summed E-state index contributed by atoms with van der Waals surface area (Å²) in [7, 11) is -4.21. The van der Waals surface area contributed by atoms with E-state index in [1.54, 1.807) is 54.6 Å². The summed E-state index contributed by atoms with van der Waals surface area (Å²) in [4.78, 5) is 30.5. The van der Waals surface area contributed by atoms with Gasteiger partial charge in [-0.1, -0.05) is 54.1 Å². The predicted molar refractivity (Wildman–Crippen MR) is 185 cm³/mol. The summed E-state index contributed by atoms with van der Waals surface area (Å²) in [5, 5.41) is 3.34. The third-order valence-corrected chi connectivity index (χ3v) is 9.99. The maximum absolute atomic E-state index is 14.5. The van der Waals surface area contributed by atoms with Gasteiger partial charge in [-0.3, -0.25) is 13.9 Å². The molecule has 0 fully saturated rings. The Morgan fingerprint density at radius 2 is 1.57 bits per heavy atom. The standard InChI is InChI=1S/C35H38ClN3O5S2/c1-4-37-35(41)33(23-26-10-7-6-8-11-26)38(24-27-12-9-13-28(36)22-27)34(40)25-39(29-14-16-30(17-15-29)44-5-2)46(42,43)32-20-18-31(45-3)19-21-32/h6-22,33H,4-5,23-25H2,1-3H3,(H,37,41)/t33-/m1/s1. The molecule has 2 amide bonds. The SMILES string of the molecule is CCNC(=O)[C@@H](Cc1ccccc1)N(Cc1cccc(Cl)c1)C(=O)CN(c1ccc(OCC)cc1)S(=O)(=O)c1ccc(SC)cc1. The number of likely N-dealkylation sites (N-methyl/N-ethyl adjacent to an activating group) is 1. The first-order valence-electron chi connectivity index (χ1n) is 14.9. The fraction of sp³-hybridized carbons (Fsp3) is 0.257. The molecule has 0 saturated carbocycles. The first kappa shape index (κ1) is 34.9. The van der Waals surface area contributed by atoms with E-state index in [9.17, 15) is 18.0 Å². The van der Waals surface area contributed by atoms with E-state index in [-0.39, 0.29) is 29.5 Å². The molecule has 0 spiro atoms. The number of hydrogen-bond donors (Lipinski definition) is 1. The molecule has 0 saturated heterocycles. The molecule has 0 aliphatic carbocycles. The number of carbonyl (C=O) groups is 2. The molecular formula is C35H38ClN3O5S2. The van der Waals surface area contributed by atoms with Crippen LogP contribution in [0.3, 0.4) is 0 Å². The summed E-state index contributed by atoms with van der Waals surface area (Å²) in [5.74, 6) is -0.323. The van der Waals surface area contributed by atoms with E-state index >= 15 is 0 Å². The highest BCUT2D eigenvalue weighted by Gasteiger charge is 2.34. The monoisotopic (exact) mass is 679 g/mol. The van der Waals surface area contributed by atoms with Crippen molar-refractivity contribution in [2.45, 2.75) is 42.6 Å². The summed E-state index contributed by atoms with van der Waals surface area (Å²) in [6, 6.07) is 28.6. The van der Waals surface area contributed by atoms with Crippen molar-refractivity contribution in [2.75, 3.05) is 30.3 Å². The maximum Gasteiger partial charge on any atom is 0.264 e. The Kier molecular flexibility index (Phi) is 12.5. The molecule has 0 unspecified atom stereocenters. The van der Waals surface area contributed by atoms with Crippen LogP contribution >= 0.6 is 23.4 Å². The Balaban J connectivity index is 1.79. The molecular weight excluding hydrogens is 642 g/mol. The van der Waals surface area contributed by atoms with Gasteiger partial charge in [-0.05, 0) is 91.9 Å². The molecule has 4 rings (SSSR count). The van der Waals surface area contributed by atoms with Gasteiger partial charge in [-0.15, -0.1) is 11.8 Å². The number of benzene rings is 4. The van der Waals surface area contributed by atoms with Crippen LogP contribution in [0, 0.1) is 0 Å². The molecule has 11 heteroatoms. The van der Waals surface area contributed by atoms with Crippen LogP contribution < -0.4 is 14.4 Å². The topological polar surface area (TPSA) is 96.0 Å². The summed E-state index contributed by atoms with van der Waals surface area (Å²) >= 11 is 7.79. The first-order valence-corrected chi connectivity index (χ1v) is 18.0. The molecule has 0 aliphatic heterocycles. The molecule has 0 aromatic heterocycles. The number of amides is 2. The van der Waals surface area contributed by atoms with E-state index in [2.05, 4.69) is 5.32 Å². The smallest absolute Gasteiger partial charge is 0.264 e. The summed E-state index contributed by atoms with van der Waals surface area (Å²) in [5.41, 5.74) is 1.84. The van der Waals surface area contributed by atoms with Gasteiger partial charge in [0.05, 0.1) is 17.2 Å². The molecule has 1 N–H and O–H groups in total. The molecule has 46 heavy (non-hydrogen) atoms. The summed E-state index contributed by atoms with van der Waals surface area (Å²) in [6.07, 6.45) is 2.13. The first-order chi connectivity index (χ1) is 22.2. The zero-order valence-corrected chi connectivity index (χ0v) is 28.4. The van der Waals surface area contributed by atoms with Crippen LogP contribution in [0.5, 0.6) is 5.75 Å². The highest BCUT2D eigenvalue weighted by molar-refractivity contribution is 7.98. The largest absolute Gasteiger partial charge is 0.494 e. The van der Waals surface area contributed by atoms with Gasteiger partial charge in [0.25, 0.3) is 10.0 Å². The number of hydrogen-bond acceptors (Lipinski definition) is 6. The van der Waals surface area contributed by atoms with Gasteiger partial charge < -0.3 is 15.0 Å². The average Bonchev–Trinajstić information content (AvgIpc) is 3.06. The maximum atomic E-state index is 14.5. The van der Waals surface area contributed by atoms with Gasteiger partial charge in [-0.25, -0.2) is 8.42 Å². The quantitative estimate of drug-likeness (QED) is 0.146. The highest BCUT2D eigenvalue weighted by Crippen LogP contribution is 2.28. The number of ether oxygens (including phenoxy) is 1.